The largest absolute Gasteiger partial charge is 0.481 e. The normalized spacial score (nSPS) is 10.6. The molecule has 0 saturated carbocycles. The number of rotatable bonds is 9. The summed E-state index contributed by atoms with van der Waals surface area (Å²) in [4.78, 5) is 22.9. The number of hydrogen-bond donors (Lipinski definition) is 4. The molecule has 0 atom stereocenters. The van der Waals surface area contributed by atoms with Crippen LogP contribution in [-0.4, -0.2) is 27.2 Å². The summed E-state index contributed by atoms with van der Waals surface area (Å²) in [6.07, 6.45) is -2.17. The fraction of sp³-hybridized carbons (Fsp3) is 0.154. The lowest BCUT2D eigenvalue weighted by Gasteiger charge is -2.10. The van der Waals surface area contributed by atoms with Gasteiger partial charge in [0.1, 0.15) is 35.0 Å². The summed E-state index contributed by atoms with van der Waals surface area (Å²) in [6.45, 7) is 1.80. The number of nitrogens with one attached hydrogen (secondary N) is 1. The summed E-state index contributed by atoms with van der Waals surface area (Å²) in [5.41, 5.74) is 1.65. The molecule has 0 fully saturated rings. The Morgan fingerprint density at radius 2 is 1.59 bits per heavy atom. The van der Waals surface area contributed by atoms with Gasteiger partial charge >= 0.3 is 5.97 Å². The molecule has 0 aliphatic rings. The molecular weight excluding hydrogens is 478 g/mol. The van der Waals surface area contributed by atoms with Gasteiger partial charge in [-0.25, -0.2) is 0 Å². The number of carbonyl (C=O) groups is 2. The van der Waals surface area contributed by atoms with E-state index in [4.69, 9.17) is 9.84 Å². The maximum Gasteiger partial charge on any atom is 0.303 e. The van der Waals surface area contributed by atoms with Crippen molar-refractivity contribution in [1.82, 2.24) is 0 Å². The van der Waals surface area contributed by atoms with E-state index in [0.717, 1.165) is 5.56 Å². The minimum atomic E-state index is -1.62. The number of carboxylic acid groups (broad SMARTS) is 1. The molecule has 0 radical (unpaired) electrons. The fourth-order valence-corrected chi connectivity index (χ4v) is 3.16. The third kappa shape index (κ3) is 7.19. The van der Waals surface area contributed by atoms with Crippen molar-refractivity contribution in [2.24, 2.45) is 10.2 Å². The van der Waals surface area contributed by atoms with Gasteiger partial charge in [0.2, 0.25) is 5.91 Å². The first-order chi connectivity index (χ1) is 17.7. The second kappa shape index (κ2) is 12.0. The molecule has 11 nitrogen and oxygen atoms in total. The number of aliphatic carboxylic acids is 1. The Labute approximate surface area is 211 Å². The average molecular weight is 499 g/mol. The lowest BCUT2D eigenvalue weighted by molar-refractivity contribution is -0.138. The van der Waals surface area contributed by atoms with Crippen molar-refractivity contribution in [3.8, 4) is 23.6 Å². The highest BCUT2D eigenvalue weighted by Crippen LogP contribution is 2.34. The highest BCUT2D eigenvalue weighted by Gasteiger charge is 2.14. The van der Waals surface area contributed by atoms with Crippen molar-refractivity contribution < 1.29 is 29.6 Å². The molecule has 0 unspecified atom stereocenters. The number of nitrogens with zero attached hydrogens (tertiary/aromatic N) is 4. The number of nitriles is 2. The van der Waals surface area contributed by atoms with E-state index in [1.165, 1.54) is 36.4 Å². The quantitative estimate of drug-likeness (QED) is 0.240. The van der Waals surface area contributed by atoms with Crippen molar-refractivity contribution >= 4 is 28.9 Å². The second-order valence-electron chi connectivity index (χ2n) is 7.80. The van der Waals surface area contributed by atoms with Crippen LogP contribution in [0.4, 0.5) is 17.1 Å². The van der Waals surface area contributed by atoms with Gasteiger partial charge in [0.25, 0.3) is 0 Å². The number of anilines is 1. The monoisotopic (exact) mass is 499 g/mol. The van der Waals surface area contributed by atoms with Gasteiger partial charge in [-0.3, -0.25) is 9.59 Å². The molecule has 0 spiro atoms. The average Bonchev–Trinajstić information content (AvgIpc) is 2.87. The molecule has 3 aromatic rings. The number of benzene rings is 3. The zero-order valence-corrected chi connectivity index (χ0v) is 19.5. The predicted molar refractivity (Wildman–Crippen MR) is 130 cm³/mol. The van der Waals surface area contributed by atoms with Crippen LogP contribution < -0.4 is 10.1 Å². The molecule has 0 bridgehead atoms. The van der Waals surface area contributed by atoms with Crippen molar-refractivity contribution in [3.05, 3.63) is 76.9 Å². The van der Waals surface area contributed by atoms with Crippen molar-refractivity contribution in [3.63, 3.8) is 0 Å². The van der Waals surface area contributed by atoms with Gasteiger partial charge in [-0.05, 0) is 36.8 Å². The zero-order chi connectivity index (χ0) is 26.9. The van der Waals surface area contributed by atoms with Crippen molar-refractivity contribution in [1.29, 1.82) is 10.5 Å². The SMILES string of the molecule is Cc1ccc(N=Nc2c(C#N)cc(Oc3ccc(C(O)O)cc3)cc2C#N)c(NC(=O)CCC(=O)O)c1. The van der Waals surface area contributed by atoms with Gasteiger partial charge in [0.15, 0.2) is 6.29 Å². The Balaban J connectivity index is 1.89. The van der Waals surface area contributed by atoms with Gasteiger partial charge < -0.3 is 25.4 Å². The number of aliphatic hydroxyl groups is 2. The molecule has 0 saturated heterocycles. The van der Waals surface area contributed by atoms with Crippen LogP contribution in [0.15, 0.2) is 64.8 Å². The van der Waals surface area contributed by atoms with E-state index in [1.54, 1.807) is 25.1 Å². The molecule has 3 aromatic carbocycles. The Morgan fingerprint density at radius 3 is 2.16 bits per heavy atom. The summed E-state index contributed by atoms with van der Waals surface area (Å²) < 4.78 is 5.70. The van der Waals surface area contributed by atoms with Crippen molar-refractivity contribution in [2.45, 2.75) is 26.1 Å². The van der Waals surface area contributed by atoms with Crippen molar-refractivity contribution in [2.75, 3.05) is 5.32 Å². The van der Waals surface area contributed by atoms with E-state index in [2.05, 4.69) is 15.5 Å². The van der Waals surface area contributed by atoms with E-state index in [1.807, 2.05) is 12.1 Å². The summed E-state index contributed by atoms with van der Waals surface area (Å²) in [5, 5.41) is 57.3. The van der Waals surface area contributed by atoms with Gasteiger partial charge in [-0.1, -0.05) is 18.2 Å². The first kappa shape index (κ1) is 26.5. The van der Waals surface area contributed by atoms with Gasteiger partial charge in [0, 0.05) is 24.1 Å². The molecule has 37 heavy (non-hydrogen) atoms. The minimum Gasteiger partial charge on any atom is -0.481 e. The molecule has 1 amide bonds. The van der Waals surface area contributed by atoms with Crippen LogP contribution in [0.1, 0.15) is 41.4 Å². The van der Waals surface area contributed by atoms with Crippen LogP contribution in [0.3, 0.4) is 0 Å². The number of aryl methyl sites for hydroxylation is 1. The predicted octanol–water partition coefficient (Wildman–Crippen LogP) is 4.73. The molecule has 4 N–H and O–H groups in total. The van der Waals surface area contributed by atoms with Crippen LogP contribution in [0.2, 0.25) is 0 Å². The lowest BCUT2D eigenvalue weighted by atomic mass is 10.1. The maximum absolute atomic E-state index is 12.1. The zero-order valence-electron chi connectivity index (χ0n) is 19.5. The Kier molecular flexibility index (Phi) is 8.62. The molecule has 186 valence electrons. The maximum atomic E-state index is 12.1. The second-order valence-corrected chi connectivity index (χ2v) is 7.80. The van der Waals surface area contributed by atoms with E-state index >= 15 is 0 Å². The number of hydrogen-bond acceptors (Lipinski definition) is 9. The topological polar surface area (TPSA) is 188 Å². The van der Waals surface area contributed by atoms with Crippen LogP contribution >= 0.6 is 0 Å². The molecule has 11 heteroatoms. The lowest BCUT2D eigenvalue weighted by Crippen LogP contribution is -2.13. The highest BCUT2D eigenvalue weighted by atomic mass is 16.5. The number of ether oxygens (including phenoxy) is 1. The Bertz CT molecular complexity index is 1400. The highest BCUT2D eigenvalue weighted by molar-refractivity contribution is 5.95. The summed E-state index contributed by atoms with van der Waals surface area (Å²) in [6, 6.07) is 17.6. The number of carboxylic acids is 1. The van der Waals surface area contributed by atoms with Crippen LogP contribution in [0, 0.1) is 29.6 Å². The molecule has 3 rings (SSSR count). The summed E-state index contributed by atoms with van der Waals surface area (Å²) in [5.74, 6) is -1.08. The number of aliphatic hydroxyl groups excluding tert-OH is 1. The molecular formula is C26H21N5O6. The molecule has 0 aliphatic carbocycles. The Hall–Kier alpha value is -5.10. The first-order valence-corrected chi connectivity index (χ1v) is 10.9. The first-order valence-electron chi connectivity index (χ1n) is 10.9. The standard InChI is InChI=1S/C26H21N5O6/c1-15-2-7-21(22(10-15)29-23(32)8-9-24(33)34)30-31-25-17(13-27)11-20(12-18(25)14-28)37-19-5-3-16(4-6-19)26(35)36/h2-7,10-12,26,35-36H,8-9H2,1H3,(H,29,32)(H,33,34). The number of carbonyl (C=O) groups excluding carboxylic acids is 1. The third-order valence-electron chi connectivity index (χ3n) is 4.99. The van der Waals surface area contributed by atoms with E-state index in [0.29, 0.717) is 11.4 Å². The molecule has 0 aliphatic heterocycles. The molecule has 0 aromatic heterocycles. The van der Waals surface area contributed by atoms with Crippen LogP contribution in [0.5, 0.6) is 11.5 Å². The minimum absolute atomic E-state index is 0.000158. The van der Waals surface area contributed by atoms with Crippen LogP contribution in [-0.2, 0) is 9.59 Å². The smallest absolute Gasteiger partial charge is 0.303 e. The van der Waals surface area contributed by atoms with Gasteiger partial charge in [-0.15, -0.1) is 10.2 Å². The summed E-state index contributed by atoms with van der Waals surface area (Å²) in [7, 11) is 0. The van der Waals surface area contributed by atoms with E-state index < -0.39 is 18.2 Å². The molecule has 0 heterocycles. The van der Waals surface area contributed by atoms with E-state index in [-0.39, 0.29) is 46.7 Å². The van der Waals surface area contributed by atoms with Gasteiger partial charge in [0.05, 0.1) is 23.2 Å². The van der Waals surface area contributed by atoms with Gasteiger partial charge in [-0.2, -0.15) is 10.5 Å². The van der Waals surface area contributed by atoms with E-state index in [9.17, 15) is 30.3 Å². The Morgan fingerprint density at radius 1 is 0.946 bits per heavy atom. The number of amides is 1. The van der Waals surface area contributed by atoms with Crippen LogP contribution in [0.25, 0.3) is 0 Å². The third-order valence-corrected chi connectivity index (χ3v) is 4.99. The number of azo groups is 1. The fourth-order valence-electron chi connectivity index (χ4n) is 3.16. The summed E-state index contributed by atoms with van der Waals surface area (Å²) >= 11 is 0.